The summed E-state index contributed by atoms with van der Waals surface area (Å²) in [6.07, 6.45) is 0. The van der Waals surface area contributed by atoms with Gasteiger partial charge in [0.25, 0.3) is 0 Å². The summed E-state index contributed by atoms with van der Waals surface area (Å²) in [5, 5.41) is 9.45. The van der Waals surface area contributed by atoms with E-state index in [1.807, 2.05) is 36.4 Å². The van der Waals surface area contributed by atoms with Crippen molar-refractivity contribution in [3.05, 3.63) is 54.6 Å². The molecule has 0 amide bonds. The molecule has 0 heterocycles. The summed E-state index contributed by atoms with van der Waals surface area (Å²) < 4.78 is 5.46. The predicted molar refractivity (Wildman–Crippen MR) is 72.7 cm³/mol. The molecule has 5 N–H and O–H groups in total. The molecule has 0 unspecified atom stereocenters. The molecule has 0 bridgehead atoms. The molecule has 0 fully saturated rings. The highest BCUT2D eigenvalue weighted by atomic mass is 16.5. The molecule has 0 aromatic heterocycles. The van der Waals surface area contributed by atoms with Crippen LogP contribution in [0.5, 0.6) is 17.2 Å². The molecular formula is C14H18N2O2. The Labute approximate surface area is 107 Å². The first-order valence-electron chi connectivity index (χ1n) is 5.69. The van der Waals surface area contributed by atoms with E-state index in [2.05, 4.69) is 0 Å². The van der Waals surface area contributed by atoms with Crippen molar-refractivity contribution in [2.75, 3.05) is 13.1 Å². The van der Waals surface area contributed by atoms with E-state index in [4.69, 9.17) is 16.2 Å². The van der Waals surface area contributed by atoms with Crippen LogP contribution in [0.15, 0.2) is 54.6 Å². The van der Waals surface area contributed by atoms with E-state index in [1.165, 1.54) is 0 Å². The Hall–Kier alpha value is -2.04. The van der Waals surface area contributed by atoms with Crippen molar-refractivity contribution >= 4 is 0 Å². The molecule has 4 nitrogen and oxygen atoms in total. The molecule has 2 rings (SSSR count). The number of hydrogen-bond acceptors (Lipinski definition) is 4. The quantitative estimate of drug-likeness (QED) is 0.774. The Morgan fingerprint density at radius 2 is 1.39 bits per heavy atom. The van der Waals surface area contributed by atoms with Crippen molar-refractivity contribution in [1.29, 1.82) is 0 Å². The lowest BCUT2D eigenvalue weighted by molar-refractivity contribution is 0.411. The molecule has 0 spiro atoms. The Morgan fingerprint density at radius 3 is 1.94 bits per heavy atom. The molecule has 2 aromatic carbocycles. The average Bonchev–Trinajstić information content (AvgIpc) is 2.43. The zero-order valence-electron chi connectivity index (χ0n) is 10.1. The summed E-state index contributed by atoms with van der Waals surface area (Å²) in [7, 11) is 0. The van der Waals surface area contributed by atoms with Gasteiger partial charge in [-0.2, -0.15) is 0 Å². The van der Waals surface area contributed by atoms with Gasteiger partial charge in [0.05, 0.1) is 0 Å². The Balaban J connectivity index is 0.000000357. The van der Waals surface area contributed by atoms with Gasteiger partial charge in [0.15, 0.2) is 11.5 Å². The van der Waals surface area contributed by atoms with Gasteiger partial charge in [0, 0.05) is 13.1 Å². The zero-order valence-corrected chi connectivity index (χ0v) is 10.1. The van der Waals surface area contributed by atoms with Crippen LogP contribution in [0.2, 0.25) is 0 Å². The molecule has 0 saturated carbocycles. The van der Waals surface area contributed by atoms with E-state index in [0.29, 0.717) is 24.6 Å². The Bertz CT molecular complexity index is 445. The topological polar surface area (TPSA) is 81.5 Å². The summed E-state index contributed by atoms with van der Waals surface area (Å²) in [5.74, 6) is 1.34. The summed E-state index contributed by atoms with van der Waals surface area (Å²) in [4.78, 5) is 0. The van der Waals surface area contributed by atoms with Crippen LogP contribution in [-0.4, -0.2) is 18.2 Å². The van der Waals surface area contributed by atoms with Crippen LogP contribution in [-0.2, 0) is 0 Å². The van der Waals surface area contributed by atoms with E-state index in [-0.39, 0.29) is 5.75 Å². The fourth-order valence-corrected chi connectivity index (χ4v) is 1.16. The van der Waals surface area contributed by atoms with Gasteiger partial charge in [-0.25, -0.2) is 0 Å². The number of rotatable bonds is 3. The van der Waals surface area contributed by atoms with Crippen molar-refractivity contribution in [2.45, 2.75) is 0 Å². The van der Waals surface area contributed by atoms with E-state index in [1.54, 1.807) is 18.2 Å². The molecule has 18 heavy (non-hydrogen) atoms. The van der Waals surface area contributed by atoms with Gasteiger partial charge in [-0.15, -0.1) is 0 Å². The lowest BCUT2D eigenvalue weighted by Crippen LogP contribution is -2.11. The number of nitrogens with two attached hydrogens (primary N) is 2. The fourth-order valence-electron chi connectivity index (χ4n) is 1.16. The van der Waals surface area contributed by atoms with E-state index < -0.39 is 0 Å². The number of para-hydroxylation sites is 3. The smallest absolute Gasteiger partial charge is 0.169 e. The van der Waals surface area contributed by atoms with Gasteiger partial charge in [-0.3, -0.25) is 0 Å². The highest BCUT2D eigenvalue weighted by Gasteiger charge is 2.00. The van der Waals surface area contributed by atoms with Crippen molar-refractivity contribution < 1.29 is 9.84 Å². The average molecular weight is 246 g/mol. The van der Waals surface area contributed by atoms with E-state index in [0.717, 1.165) is 0 Å². The Kier molecular flexibility index (Phi) is 6.32. The van der Waals surface area contributed by atoms with E-state index in [9.17, 15) is 5.11 Å². The van der Waals surface area contributed by atoms with Crippen LogP contribution in [0, 0.1) is 0 Å². The molecule has 0 saturated heterocycles. The first kappa shape index (κ1) is 14.0. The van der Waals surface area contributed by atoms with Crippen molar-refractivity contribution in [2.24, 2.45) is 11.5 Å². The van der Waals surface area contributed by atoms with Crippen molar-refractivity contribution in [3.63, 3.8) is 0 Å². The second kappa shape index (κ2) is 8.11. The number of phenols is 1. The molecule has 0 aliphatic heterocycles. The second-order valence-corrected chi connectivity index (χ2v) is 3.46. The third-order valence-electron chi connectivity index (χ3n) is 2.00. The predicted octanol–water partition coefficient (Wildman–Crippen LogP) is 2.09. The van der Waals surface area contributed by atoms with Crippen LogP contribution in [0.3, 0.4) is 0 Å². The maximum atomic E-state index is 9.45. The molecule has 0 atom stereocenters. The molecular weight excluding hydrogens is 228 g/mol. The highest BCUT2D eigenvalue weighted by Crippen LogP contribution is 2.29. The number of aromatic hydroxyl groups is 1. The van der Waals surface area contributed by atoms with Gasteiger partial charge < -0.3 is 21.3 Å². The summed E-state index contributed by atoms with van der Waals surface area (Å²) in [6.45, 7) is 1.19. The number of ether oxygens (including phenoxy) is 1. The number of phenolic OH excluding ortho intramolecular Hbond substituents is 1. The molecule has 0 radical (unpaired) electrons. The normalized spacial score (nSPS) is 9.22. The van der Waals surface area contributed by atoms with Gasteiger partial charge in [0.2, 0.25) is 0 Å². The first-order valence-corrected chi connectivity index (χ1v) is 5.69. The van der Waals surface area contributed by atoms with Crippen LogP contribution in [0.25, 0.3) is 0 Å². The van der Waals surface area contributed by atoms with Crippen molar-refractivity contribution in [3.8, 4) is 17.2 Å². The minimum atomic E-state index is 0.149. The minimum Gasteiger partial charge on any atom is -0.504 e. The molecule has 0 aliphatic carbocycles. The van der Waals surface area contributed by atoms with E-state index >= 15 is 0 Å². The first-order chi connectivity index (χ1) is 8.77. The van der Waals surface area contributed by atoms with Crippen LogP contribution in [0.1, 0.15) is 0 Å². The number of benzene rings is 2. The van der Waals surface area contributed by atoms with Gasteiger partial charge >= 0.3 is 0 Å². The van der Waals surface area contributed by atoms with Crippen LogP contribution in [0.4, 0.5) is 0 Å². The summed E-state index contributed by atoms with van der Waals surface area (Å²) >= 11 is 0. The third-order valence-corrected chi connectivity index (χ3v) is 2.00. The van der Waals surface area contributed by atoms with Crippen LogP contribution < -0.4 is 16.2 Å². The fraction of sp³-hybridized carbons (Fsp3) is 0.143. The second-order valence-electron chi connectivity index (χ2n) is 3.46. The molecule has 0 aliphatic rings. The lowest BCUT2D eigenvalue weighted by atomic mass is 10.3. The zero-order chi connectivity index (χ0) is 13.2. The third kappa shape index (κ3) is 4.86. The lowest BCUT2D eigenvalue weighted by Gasteiger charge is -2.06. The highest BCUT2D eigenvalue weighted by molar-refractivity contribution is 5.41. The summed E-state index contributed by atoms with van der Waals surface area (Å²) in [5.41, 5.74) is 9.81. The SMILES string of the molecule is NCCN.Oc1ccccc1Oc1ccccc1. The van der Waals surface area contributed by atoms with Crippen LogP contribution >= 0.6 is 0 Å². The van der Waals surface area contributed by atoms with Crippen molar-refractivity contribution in [1.82, 2.24) is 0 Å². The largest absolute Gasteiger partial charge is 0.504 e. The van der Waals surface area contributed by atoms with Gasteiger partial charge in [0.1, 0.15) is 5.75 Å². The number of hydrogen-bond donors (Lipinski definition) is 3. The Morgan fingerprint density at radius 1 is 0.833 bits per heavy atom. The standard InChI is InChI=1S/C12H10O2.C2H8N2/c13-11-8-4-5-9-12(11)14-10-6-2-1-3-7-10;3-1-2-4/h1-9,13H;1-4H2. The molecule has 96 valence electrons. The maximum Gasteiger partial charge on any atom is 0.169 e. The monoisotopic (exact) mass is 246 g/mol. The molecule has 2 aromatic rings. The summed E-state index contributed by atoms with van der Waals surface area (Å²) in [6, 6.07) is 16.3. The van der Waals surface area contributed by atoms with Gasteiger partial charge in [-0.05, 0) is 24.3 Å². The van der Waals surface area contributed by atoms with Gasteiger partial charge in [-0.1, -0.05) is 30.3 Å². The minimum absolute atomic E-state index is 0.149. The molecule has 4 heteroatoms. The maximum absolute atomic E-state index is 9.45.